The van der Waals surface area contributed by atoms with E-state index in [1.54, 1.807) is 12.4 Å². The molecular weight excluding hydrogens is 374 g/mol. The lowest BCUT2D eigenvalue weighted by atomic mass is 9.89. The van der Waals surface area contributed by atoms with Crippen molar-refractivity contribution in [1.29, 1.82) is 0 Å². The van der Waals surface area contributed by atoms with Crippen LogP contribution >= 0.6 is 0 Å². The van der Waals surface area contributed by atoms with Crippen LogP contribution in [0.15, 0.2) is 28.9 Å². The Morgan fingerprint density at radius 3 is 2.86 bits per heavy atom. The SMILES string of the molecule is CCCC(=O)N[C@H]1CCN(Cc2nnc(-c3cccnc3)o2)C[C@H]1CC.O=CO. The van der Waals surface area contributed by atoms with E-state index in [1.807, 2.05) is 19.1 Å². The van der Waals surface area contributed by atoms with E-state index in [1.165, 1.54) is 0 Å². The Kier molecular flexibility index (Phi) is 9.23. The molecule has 9 heteroatoms. The Morgan fingerprint density at radius 2 is 2.21 bits per heavy atom. The molecule has 1 fully saturated rings. The maximum Gasteiger partial charge on any atom is 0.290 e. The van der Waals surface area contributed by atoms with Gasteiger partial charge in [0.1, 0.15) is 0 Å². The molecule has 0 aromatic carbocycles. The van der Waals surface area contributed by atoms with E-state index >= 15 is 0 Å². The van der Waals surface area contributed by atoms with Gasteiger partial charge in [-0.1, -0.05) is 20.3 Å². The first-order chi connectivity index (χ1) is 14.1. The van der Waals surface area contributed by atoms with Gasteiger partial charge in [-0.25, -0.2) is 0 Å². The Balaban J connectivity index is 0.000000941. The summed E-state index contributed by atoms with van der Waals surface area (Å²) in [6, 6.07) is 4.02. The Bertz CT molecular complexity index is 752. The number of hydrogen-bond acceptors (Lipinski definition) is 7. The average Bonchev–Trinajstić information content (AvgIpc) is 3.19. The van der Waals surface area contributed by atoms with Crippen LogP contribution in [0.25, 0.3) is 11.5 Å². The lowest BCUT2D eigenvalue weighted by molar-refractivity contribution is -0.123. The number of hydrogen-bond donors (Lipinski definition) is 2. The lowest BCUT2D eigenvalue weighted by Gasteiger charge is -2.38. The van der Waals surface area contributed by atoms with Crippen LogP contribution < -0.4 is 5.32 Å². The third-order valence-electron chi connectivity index (χ3n) is 4.90. The first-order valence-corrected chi connectivity index (χ1v) is 9.93. The molecule has 2 aromatic heterocycles. The molecule has 0 bridgehead atoms. The van der Waals surface area contributed by atoms with Gasteiger partial charge in [0.2, 0.25) is 17.7 Å². The van der Waals surface area contributed by atoms with Gasteiger partial charge in [-0.2, -0.15) is 0 Å². The summed E-state index contributed by atoms with van der Waals surface area (Å²) < 4.78 is 5.79. The van der Waals surface area contributed by atoms with Crippen LogP contribution in [0.2, 0.25) is 0 Å². The van der Waals surface area contributed by atoms with Gasteiger partial charge in [0.25, 0.3) is 6.47 Å². The van der Waals surface area contributed by atoms with Crippen LogP contribution in [0.4, 0.5) is 0 Å². The number of carbonyl (C=O) groups is 2. The molecule has 1 saturated heterocycles. The summed E-state index contributed by atoms with van der Waals surface area (Å²) in [5.74, 6) is 1.74. The van der Waals surface area contributed by atoms with Gasteiger partial charge in [-0.15, -0.1) is 10.2 Å². The number of aromatic nitrogens is 3. The van der Waals surface area contributed by atoms with Crippen molar-refractivity contribution in [3.8, 4) is 11.5 Å². The lowest BCUT2D eigenvalue weighted by Crippen LogP contribution is -2.50. The van der Waals surface area contributed by atoms with Crippen molar-refractivity contribution in [1.82, 2.24) is 25.4 Å². The first-order valence-electron chi connectivity index (χ1n) is 9.93. The molecule has 1 aliphatic rings. The Labute approximate surface area is 170 Å². The van der Waals surface area contributed by atoms with Gasteiger partial charge in [0.05, 0.1) is 12.1 Å². The van der Waals surface area contributed by atoms with E-state index in [0.717, 1.165) is 37.9 Å². The molecule has 29 heavy (non-hydrogen) atoms. The number of nitrogens with zero attached hydrogens (tertiary/aromatic N) is 4. The summed E-state index contributed by atoms with van der Waals surface area (Å²) in [4.78, 5) is 26.7. The van der Waals surface area contributed by atoms with Crippen molar-refractivity contribution >= 4 is 12.4 Å². The predicted molar refractivity (Wildman–Crippen MR) is 107 cm³/mol. The van der Waals surface area contributed by atoms with Gasteiger partial charge >= 0.3 is 0 Å². The molecule has 0 aliphatic carbocycles. The van der Waals surface area contributed by atoms with E-state index in [0.29, 0.717) is 30.7 Å². The van der Waals surface area contributed by atoms with Crippen LogP contribution in [-0.4, -0.2) is 56.7 Å². The molecule has 2 N–H and O–H groups in total. The third kappa shape index (κ3) is 6.94. The van der Waals surface area contributed by atoms with Crippen LogP contribution in [-0.2, 0) is 16.1 Å². The second-order valence-corrected chi connectivity index (χ2v) is 6.96. The zero-order chi connectivity index (χ0) is 21.1. The maximum absolute atomic E-state index is 11.9. The van der Waals surface area contributed by atoms with E-state index in [-0.39, 0.29) is 18.4 Å². The third-order valence-corrected chi connectivity index (χ3v) is 4.90. The highest BCUT2D eigenvalue weighted by Crippen LogP contribution is 2.23. The van der Waals surface area contributed by atoms with Gasteiger partial charge < -0.3 is 14.8 Å². The fraction of sp³-hybridized carbons (Fsp3) is 0.550. The first kappa shape index (κ1) is 22.5. The fourth-order valence-corrected chi connectivity index (χ4v) is 3.48. The van der Waals surface area contributed by atoms with Crippen LogP contribution in [0.1, 0.15) is 45.4 Å². The van der Waals surface area contributed by atoms with Crippen LogP contribution in [0, 0.1) is 5.92 Å². The highest BCUT2D eigenvalue weighted by atomic mass is 16.4. The molecule has 3 heterocycles. The summed E-state index contributed by atoms with van der Waals surface area (Å²) in [7, 11) is 0. The molecule has 2 atom stereocenters. The molecule has 1 amide bonds. The van der Waals surface area contributed by atoms with Crippen LogP contribution in [0.3, 0.4) is 0 Å². The van der Waals surface area contributed by atoms with Gasteiger partial charge in [-0.05, 0) is 30.9 Å². The number of likely N-dealkylation sites (tertiary alicyclic amines) is 1. The summed E-state index contributed by atoms with van der Waals surface area (Å²) in [6.45, 7) is 6.44. The number of carbonyl (C=O) groups excluding carboxylic acids is 1. The number of amides is 1. The minimum atomic E-state index is -0.250. The summed E-state index contributed by atoms with van der Waals surface area (Å²) >= 11 is 0. The number of piperidine rings is 1. The average molecular weight is 403 g/mol. The second kappa shape index (κ2) is 11.9. The summed E-state index contributed by atoms with van der Waals surface area (Å²) in [5, 5.41) is 18.4. The molecule has 2 aromatic rings. The molecule has 3 rings (SSSR count). The highest BCUT2D eigenvalue weighted by Gasteiger charge is 2.29. The largest absolute Gasteiger partial charge is 0.483 e. The van der Waals surface area contributed by atoms with Gasteiger partial charge in [0.15, 0.2) is 0 Å². The van der Waals surface area contributed by atoms with Crippen molar-refractivity contribution in [2.45, 2.75) is 52.1 Å². The van der Waals surface area contributed by atoms with Gasteiger partial charge in [0, 0.05) is 37.9 Å². The number of carboxylic acid groups (broad SMARTS) is 1. The topological polar surface area (TPSA) is 121 Å². The number of nitrogens with one attached hydrogen (secondary N) is 1. The quantitative estimate of drug-likeness (QED) is 0.676. The fourth-order valence-electron chi connectivity index (χ4n) is 3.48. The zero-order valence-corrected chi connectivity index (χ0v) is 17.0. The van der Waals surface area contributed by atoms with Crippen molar-refractivity contribution in [2.24, 2.45) is 5.92 Å². The highest BCUT2D eigenvalue weighted by molar-refractivity contribution is 5.76. The van der Waals surface area contributed by atoms with E-state index in [4.69, 9.17) is 14.3 Å². The van der Waals surface area contributed by atoms with Crippen LogP contribution in [0.5, 0.6) is 0 Å². The molecule has 158 valence electrons. The molecule has 0 spiro atoms. The molecular formula is C20H29N5O4. The van der Waals surface area contributed by atoms with Gasteiger partial charge in [-0.3, -0.25) is 19.5 Å². The molecule has 0 saturated carbocycles. The Morgan fingerprint density at radius 1 is 1.41 bits per heavy atom. The second-order valence-electron chi connectivity index (χ2n) is 6.96. The monoisotopic (exact) mass is 403 g/mol. The summed E-state index contributed by atoms with van der Waals surface area (Å²) in [6.07, 6.45) is 6.92. The number of rotatable bonds is 7. The zero-order valence-electron chi connectivity index (χ0n) is 17.0. The van der Waals surface area contributed by atoms with E-state index in [9.17, 15) is 4.79 Å². The van der Waals surface area contributed by atoms with Crippen molar-refractivity contribution in [3.63, 3.8) is 0 Å². The minimum Gasteiger partial charge on any atom is -0.483 e. The Hall–Kier alpha value is -2.81. The maximum atomic E-state index is 11.9. The summed E-state index contributed by atoms with van der Waals surface area (Å²) in [5.41, 5.74) is 0.829. The molecule has 9 nitrogen and oxygen atoms in total. The molecule has 1 aliphatic heterocycles. The van der Waals surface area contributed by atoms with Crippen molar-refractivity contribution in [2.75, 3.05) is 13.1 Å². The normalized spacial score (nSPS) is 19.1. The molecule has 0 unspecified atom stereocenters. The molecule has 0 radical (unpaired) electrons. The standard InChI is InChI=1S/C19H27N5O2.CH2O2/c1-3-6-17(25)21-16-8-10-24(12-14(16)4-2)13-18-22-23-19(26-18)15-7-5-9-20-11-15;2-1-3/h5,7,9,11,14,16H,3-4,6,8,10,12-13H2,1-2H3,(H,21,25);1H,(H,2,3)/t14-,16+;/m1./s1. The van der Waals surface area contributed by atoms with Crippen molar-refractivity contribution in [3.05, 3.63) is 30.4 Å². The predicted octanol–water partition coefficient (Wildman–Crippen LogP) is 2.35. The smallest absolute Gasteiger partial charge is 0.290 e. The number of pyridine rings is 1. The van der Waals surface area contributed by atoms with Crippen molar-refractivity contribution < 1.29 is 19.1 Å². The van der Waals surface area contributed by atoms with E-state index in [2.05, 4.69) is 32.3 Å². The minimum absolute atomic E-state index is 0.169. The van der Waals surface area contributed by atoms with E-state index < -0.39 is 0 Å².